The molecule has 2 aromatic rings. The molecule has 5 heteroatoms. The van der Waals surface area contributed by atoms with Crippen molar-refractivity contribution in [3.05, 3.63) is 54.2 Å². The van der Waals surface area contributed by atoms with E-state index in [1.54, 1.807) is 24.5 Å². The maximum absolute atomic E-state index is 13.0. The van der Waals surface area contributed by atoms with E-state index >= 15 is 0 Å². The molecule has 0 radical (unpaired) electrons. The van der Waals surface area contributed by atoms with Crippen molar-refractivity contribution >= 4 is 0 Å². The predicted molar refractivity (Wildman–Crippen MR) is 72.7 cm³/mol. The van der Waals surface area contributed by atoms with Crippen molar-refractivity contribution in [2.24, 2.45) is 0 Å². The van der Waals surface area contributed by atoms with Crippen molar-refractivity contribution in [1.29, 1.82) is 0 Å². The number of likely N-dealkylation sites (tertiary alicyclic amines) is 1. The lowest BCUT2D eigenvalue weighted by molar-refractivity contribution is 0.189. The fourth-order valence-corrected chi connectivity index (χ4v) is 2.41. The monoisotopic (exact) mass is 273 g/mol. The number of pyridine rings is 2. The van der Waals surface area contributed by atoms with Crippen molar-refractivity contribution < 1.29 is 9.13 Å². The van der Waals surface area contributed by atoms with E-state index in [2.05, 4.69) is 14.9 Å². The molecule has 1 unspecified atom stereocenters. The van der Waals surface area contributed by atoms with E-state index in [0.29, 0.717) is 5.88 Å². The summed E-state index contributed by atoms with van der Waals surface area (Å²) >= 11 is 0. The number of aromatic nitrogens is 2. The van der Waals surface area contributed by atoms with E-state index in [9.17, 15) is 4.39 Å². The fourth-order valence-electron chi connectivity index (χ4n) is 2.41. The molecule has 104 valence electrons. The Morgan fingerprint density at radius 2 is 2.10 bits per heavy atom. The molecule has 0 bridgehead atoms. The van der Waals surface area contributed by atoms with Crippen molar-refractivity contribution in [2.75, 3.05) is 13.1 Å². The van der Waals surface area contributed by atoms with Crippen LogP contribution in [0.25, 0.3) is 0 Å². The van der Waals surface area contributed by atoms with Crippen LogP contribution in [0.1, 0.15) is 12.0 Å². The van der Waals surface area contributed by atoms with Crippen molar-refractivity contribution in [3.63, 3.8) is 0 Å². The lowest BCUT2D eigenvalue weighted by Gasteiger charge is -2.16. The lowest BCUT2D eigenvalue weighted by Crippen LogP contribution is -2.24. The topological polar surface area (TPSA) is 38.2 Å². The summed E-state index contributed by atoms with van der Waals surface area (Å²) in [4.78, 5) is 10.1. The minimum Gasteiger partial charge on any atom is -0.473 e. The summed E-state index contributed by atoms with van der Waals surface area (Å²) in [5.41, 5.74) is 1.24. The van der Waals surface area contributed by atoms with Gasteiger partial charge in [0.15, 0.2) is 0 Å². The number of nitrogens with zero attached hydrogens (tertiary/aromatic N) is 3. The number of ether oxygens (including phenoxy) is 1. The summed E-state index contributed by atoms with van der Waals surface area (Å²) < 4.78 is 18.7. The van der Waals surface area contributed by atoms with E-state index in [0.717, 1.165) is 26.1 Å². The summed E-state index contributed by atoms with van der Waals surface area (Å²) in [6.07, 6.45) is 4.61. The Morgan fingerprint density at radius 1 is 1.25 bits per heavy atom. The van der Waals surface area contributed by atoms with Gasteiger partial charge in [0.05, 0.1) is 0 Å². The summed E-state index contributed by atoms with van der Waals surface area (Å²) in [5, 5.41) is 0. The van der Waals surface area contributed by atoms with Crippen LogP contribution in [0.3, 0.4) is 0 Å². The van der Waals surface area contributed by atoms with Crippen LogP contribution in [0.4, 0.5) is 4.39 Å². The number of hydrogen-bond acceptors (Lipinski definition) is 4. The zero-order valence-electron chi connectivity index (χ0n) is 11.1. The van der Waals surface area contributed by atoms with Gasteiger partial charge in [-0.2, -0.15) is 9.37 Å². The van der Waals surface area contributed by atoms with Crippen molar-refractivity contribution in [3.8, 4) is 5.88 Å². The van der Waals surface area contributed by atoms with Gasteiger partial charge in [0.2, 0.25) is 11.8 Å². The highest BCUT2D eigenvalue weighted by molar-refractivity contribution is 5.12. The van der Waals surface area contributed by atoms with E-state index in [1.807, 2.05) is 12.1 Å². The van der Waals surface area contributed by atoms with Gasteiger partial charge in [0.1, 0.15) is 6.10 Å². The molecule has 1 fully saturated rings. The Morgan fingerprint density at radius 3 is 2.90 bits per heavy atom. The third-order valence-electron chi connectivity index (χ3n) is 3.36. The van der Waals surface area contributed by atoms with Crippen LogP contribution in [0.2, 0.25) is 0 Å². The molecule has 0 aliphatic carbocycles. The van der Waals surface area contributed by atoms with Gasteiger partial charge in [0.25, 0.3) is 0 Å². The SMILES string of the molecule is Fc1cccc(OC2CCN(Cc3ccncc3)C2)n1. The van der Waals surface area contributed by atoms with Gasteiger partial charge in [-0.05, 0) is 30.2 Å². The second kappa shape index (κ2) is 5.96. The second-order valence-electron chi connectivity index (χ2n) is 4.92. The summed E-state index contributed by atoms with van der Waals surface area (Å²) in [5.74, 6) is -0.144. The van der Waals surface area contributed by atoms with Gasteiger partial charge in [0, 0.05) is 38.1 Å². The van der Waals surface area contributed by atoms with E-state index in [1.165, 1.54) is 11.6 Å². The van der Waals surface area contributed by atoms with E-state index in [4.69, 9.17) is 4.74 Å². The molecule has 1 aliphatic heterocycles. The molecule has 0 spiro atoms. The number of hydrogen-bond donors (Lipinski definition) is 0. The quantitative estimate of drug-likeness (QED) is 0.801. The van der Waals surface area contributed by atoms with Crippen LogP contribution in [-0.4, -0.2) is 34.1 Å². The highest BCUT2D eigenvalue weighted by Gasteiger charge is 2.24. The zero-order chi connectivity index (χ0) is 13.8. The lowest BCUT2D eigenvalue weighted by atomic mass is 10.2. The molecule has 0 amide bonds. The molecule has 1 atom stereocenters. The van der Waals surface area contributed by atoms with Gasteiger partial charge in [-0.3, -0.25) is 9.88 Å². The Kier molecular flexibility index (Phi) is 3.87. The van der Waals surface area contributed by atoms with Crippen molar-refractivity contribution in [2.45, 2.75) is 19.1 Å². The van der Waals surface area contributed by atoms with Gasteiger partial charge >= 0.3 is 0 Å². The van der Waals surface area contributed by atoms with Crippen molar-refractivity contribution in [1.82, 2.24) is 14.9 Å². The number of rotatable bonds is 4. The van der Waals surface area contributed by atoms with Crippen LogP contribution in [0.15, 0.2) is 42.7 Å². The van der Waals surface area contributed by atoms with Crippen LogP contribution in [0.5, 0.6) is 5.88 Å². The van der Waals surface area contributed by atoms with Crippen LogP contribution >= 0.6 is 0 Å². The Hall–Kier alpha value is -2.01. The third-order valence-corrected chi connectivity index (χ3v) is 3.36. The van der Waals surface area contributed by atoms with Crippen LogP contribution < -0.4 is 4.74 Å². The standard InChI is InChI=1S/C15H16FN3O/c16-14-2-1-3-15(18-14)20-13-6-9-19(11-13)10-12-4-7-17-8-5-12/h1-5,7-8,13H,6,9-11H2. The van der Waals surface area contributed by atoms with Crippen LogP contribution in [-0.2, 0) is 6.54 Å². The fraction of sp³-hybridized carbons (Fsp3) is 0.333. The summed E-state index contributed by atoms with van der Waals surface area (Å²) in [7, 11) is 0. The first-order valence-electron chi connectivity index (χ1n) is 6.70. The smallest absolute Gasteiger partial charge is 0.216 e. The van der Waals surface area contributed by atoms with Gasteiger partial charge in [-0.25, -0.2) is 0 Å². The normalized spacial score (nSPS) is 19.1. The molecule has 4 nitrogen and oxygen atoms in total. The second-order valence-corrected chi connectivity index (χ2v) is 4.92. The minimum atomic E-state index is -0.505. The summed E-state index contributed by atoms with van der Waals surface area (Å²) in [6, 6.07) is 8.65. The minimum absolute atomic E-state index is 0.0751. The molecule has 0 saturated carbocycles. The summed E-state index contributed by atoms with van der Waals surface area (Å²) in [6.45, 7) is 2.70. The van der Waals surface area contributed by atoms with Gasteiger partial charge < -0.3 is 4.74 Å². The zero-order valence-corrected chi connectivity index (χ0v) is 11.1. The van der Waals surface area contributed by atoms with E-state index in [-0.39, 0.29) is 6.10 Å². The number of halogens is 1. The largest absolute Gasteiger partial charge is 0.473 e. The highest BCUT2D eigenvalue weighted by atomic mass is 19.1. The molecule has 20 heavy (non-hydrogen) atoms. The molecule has 2 aromatic heterocycles. The molecule has 1 saturated heterocycles. The predicted octanol–water partition coefficient (Wildman–Crippen LogP) is 2.27. The molecule has 1 aliphatic rings. The Labute approximate surface area is 117 Å². The average Bonchev–Trinajstić information content (AvgIpc) is 2.87. The molecule has 3 rings (SSSR count). The molecular weight excluding hydrogens is 257 g/mol. The van der Waals surface area contributed by atoms with Crippen LogP contribution in [0, 0.1) is 5.95 Å². The molecule has 3 heterocycles. The Balaban J connectivity index is 1.54. The first kappa shape index (κ1) is 13.0. The molecular formula is C15H16FN3O. The average molecular weight is 273 g/mol. The highest BCUT2D eigenvalue weighted by Crippen LogP contribution is 2.18. The first-order valence-corrected chi connectivity index (χ1v) is 6.70. The van der Waals surface area contributed by atoms with Gasteiger partial charge in [-0.15, -0.1) is 0 Å². The maximum atomic E-state index is 13.0. The first-order chi connectivity index (χ1) is 9.79. The maximum Gasteiger partial charge on any atom is 0.216 e. The third kappa shape index (κ3) is 3.30. The van der Waals surface area contributed by atoms with E-state index < -0.39 is 5.95 Å². The molecule has 0 N–H and O–H groups in total. The Bertz CT molecular complexity index is 564. The van der Waals surface area contributed by atoms with Gasteiger partial charge in [-0.1, -0.05) is 6.07 Å². The molecule has 0 aromatic carbocycles.